The molecule has 2 fully saturated rings. The van der Waals surface area contributed by atoms with E-state index >= 15 is 0 Å². The van der Waals surface area contributed by atoms with E-state index in [1.165, 1.54) is 77.2 Å². The minimum atomic E-state index is 0.844. The first kappa shape index (κ1) is 13.4. The second-order valence-corrected chi connectivity index (χ2v) is 6.40. The van der Waals surface area contributed by atoms with E-state index in [0.717, 1.165) is 17.9 Å². The van der Waals surface area contributed by atoms with Gasteiger partial charge in [0.2, 0.25) is 0 Å². The van der Waals surface area contributed by atoms with E-state index < -0.39 is 0 Å². The molecule has 2 rings (SSSR count). The molecule has 0 aromatic heterocycles. The van der Waals surface area contributed by atoms with Gasteiger partial charge in [-0.15, -0.1) is 0 Å². The largest absolute Gasteiger partial charge is 0.314 e. The van der Waals surface area contributed by atoms with Crippen molar-refractivity contribution >= 4 is 0 Å². The minimum Gasteiger partial charge on any atom is -0.314 e. The molecule has 0 saturated heterocycles. The molecule has 1 nitrogen and oxygen atoms in total. The van der Waals surface area contributed by atoms with Crippen LogP contribution in [0.15, 0.2) is 0 Å². The van der Waals surface area contributed by atoms with Crippen LogP contribution < -0.4 is 5.32 Å². The summed E-state index contributed by atoms with van der Waals surface area (Å²) in [6.07, 6.45) is 16.1. The molecule has 0 amide bonds. The van der Waals surface area contributed by atoms with Crippen molar-refractivity contribution in [3.8, 4) is 0 Å². The highest BCUT2D eigenvalue weighted by molar-refractivity contribution is 4.76. The Morgan fingerprint density at radius 2 is 1.53 bits per heavy atom. The van der Waals surface area contributed by atoms with Gasteiger partial charge in [-0.3, -0.25) is 0 Å². The Labute approximate surface area is 108 Å². The van der Waals surface area contributed by atoms with E-state index in [9.17, 15) is 0 Å². The Hall–Kier alpha value is -0.0400. The standard InChI is InChI=1S/C16H31N/c1-2-5-14-8-4-9-16(11-10-14)17-13-12-15-6-3-7-15/h14-17H,2-13H2,1H3. The molecule has 2 aliphatic carbocycles. The molecular formula is C16H31N. The van der Waals surface area contributed by atoms with Crippen molar-refractivity contribution in [3.63, 3.8) is 0 Å². The summed E-state index contributed by atoms with van der Waals surface area (Å²) < 4.78 is 0. The van der Waals surface area contributed by atoms with E-state index in [1.54, 1.807) is 0 Å². The molecular weight excluding hydrogens is 206 g/mol. The Morgan fingerprint density at radius 3 is 2.24 bits per heavy atom. The molecule has 100 valence electrons. The van der Waals surface area contributed by atoms with Crippen molar-refractivity contribution in [1.29, 1.82) is 0 Å². The van der Waals surface area contributed by atoms with Crippen LogP contribution in [0.25, 0.3) is 0 Å². The Bertz CT molecular complexity index is 198. The summed E-state index contributed by atoms with van der Waals surface area (Å²) in [5, 5.41) is 3.82. The topological polar surface area (TPSA) is 12.0 Å². The van der Waals surface area contributed by atoms with Crippen LogP contribution in [0.3, 0.4) is 0 Å². The fraction of sp³-hybridized carbons (Fsp3) is 1.00. The van der Waals surface area contributed by atoms with Crippen LogP contribution in [-0.2, 0) is 0 Å². The smallest absolute Gasteiger partial charge is 0.00671 e. The zero-order chi connectivity index (χ0) is 11.9. The highest BCUT2D eigenvalue weighted by Gasteiger charge is 2.20. The van der Waals surface area contributed by atoms with E-state index in [2.05, 4.69) is 12.2 Å². The van der Waals surface area contributed by atoms with Gasteiger partial charge in [0.1, 0.15) is 0 Å². The minimum absolute atomic E-state index is 0.844. The third-order valence-corrected chi connectivity index (χ3v) is 5.00. The van der Waals surface area contributed by atoms with E-state index in [0.29, 0.717) is 0 Å². The van der Waals surface area contributed by atoms with Gasteiger partial charge in [0.05, 0.1) is 0 Å². The highest BCUT2D eigenvalue weighted by Crippen LogP contribution is 2.29. The summed E-state index contributed by atoms with van der Waals surface area (Å²) in [5.41, 5.74) is 0. The lowest BCUT2D eigenvalue weighted by Crippen LogP contribution is -2.31. The lowest BCUT2D eigenvalue weighted by atomic mass is 9.83. The predicted molar refractivity (Wildman–Crippen MR) is 75.2 cm³/mol. The molecule has 2 saturated carbocycles. The number of nitrogens with one attached hydrogen (secondary N) is 1. The summed E-state index contributed by atoms with van der Waals surface area (Å²) in [6.45, 7) is 3.62. The van der Waals surface area contributed by atoms with Gasteiger partial charge >= 0.3 is 0 Å². The molecule has 2 unspecified atom stereocenters. The lowest BCUT2D eigenvalue weighted by molar-refractivity contribution is 0.284. The van der Waals surface area contributed by atoms with Crippen molar-refractivity contribution in [1.82, 2.24) is 5.32 Å². The first-order valence-corrected chi connectivity index (χ1v) is 8.12. The second-order valence-electron chi connectivity index (χ2n) is 6.40. The van der Waals surface area contributed by atoms with Crippen LogP contribution in [0.4, 0.5) is 0 Å². The fourth-order valence-corrected chi connectivity index (χ4v) is 3.55. The van der Waals surface area contributed by atoms with Gasteiger partial charge in [-0.2, -0.15) is 0 Å². The van der Waals surface area contributed by atoms with Crippen molar-refractivity contribution in [2.45, 2.75) is 83.6 Å². The van der Waals surface area contributed by atoms with Crippen molar-refractivity contribution in [2.75, 3.05) is 6.54 Å². The first-order chi connectivity index (χ1) is 8.38. The quantitative estimate of drug-likeness (QED) is 0.670. The second kappa shape index (κ2) is 7.41. The van der Waals surface area contributed by atoms with Crippen LogP contribution in [0.5, 0.6) is 0 Å². The van der Waals surface area contributed by atoms with Crippen LogP contribution >= 0.6 is 0 Å². The van der Waals surface area contributed by atoms with E-state index in [4.69, 9.17) is 0 Å². The summed E-state index contributed by atoms with van der Waals surface area (Å²) in [5.74, 6) is 2.11. The maximum Gasteiger partial charge on any atom is 0.00671 e. The number of hydrogen-bond acceptors (Lipinski definition) is 1. The van der Waals surface area contributed by atoms with Crippen LogP contribution in [0.1, 0.15) is 77.6 Å². The molecule has 0 bridgehead atoms. The third-order valence-electron chi connectivity index (χ3n) is 5.00. The zero-order valence-electron chi connectivity index (χ0n) is 11.7. The monoisotopic (exact) mass is 237 g/mol. The number of hydrogen-bond donors (Lipinski definition) is 1. The molecule has 1 N–H and O–H groups in total. The summed E-state index contributed by atoms with van der Waals surface area (Å²) in [4.78, 5) is 0. The van der Waals surface area contributed by atoms with Gasteiger partial charge in [-0.05, 0) is 44.1 Å². The predicted octanol–water partition coefficient (Wildman–Crippen LogP) is 4.52. The van der Waals surface area contributed by atoms with Gasteiger partial charge in [-0.1, -0.05) is 51.9 Å². The Morgan fingerprint density at radius 1 is 0.824 bits per heavy atom. The molecule has 1 heteroatoms. The summed E-state index contributed by atoms with van der Waals surface area (Å²) >= 11 is 0. The van der Waals surface area contributed by atoms with Crippen LogP contribution in [0, 0.1) is 11.8 Å². The molecule has 0 spiro atoms. The van der Waals surface area contributed by atoms with E-state index in [1.807, 2.05) is 0 Å². The lowest BCUT2D eigenvalue weighted by Gasteiger charge is -2.26. The zero-order valence-corrected chi connectivity index (χ0v) is 11.7. The van der Waals surface area contributed by atoms with Gasteiger partial charge in [0.25, 0.3) is 0 Å². The molecule has 0 aromatic rings. The average molecular weight is 237 g/mol. The fourth-order valence-electron chi connectivity index (χ4n) is 3.55. The van der Waals surface area contributed by atoms with Gasteiger partial charge in [0, 0.05) is 6.04 Å². The van der Waals surface area contributed by atoms with Gasteiger partial charge < -0.3 is 5.32 Å². The molecule has 0 aliphatic heterocycles. The molecule has 0 aromatic carbocycles. The SMILES string of the molecule is CCCC1CCCC(NCCC2CCC2)CC1. The van der Waals surface area contributed by atoms with Gasteiger partial charge in [0.15, 0.2) is 0 Å². The summed E-state index contributed by atoms with van der Waals surface area (Å²) in [7, 11) is 0. The Balaban J connectivity index is 1.57. The molecule has 17 heavy (non-hydrogen) atoms. The Kier molecular flexibility index (Phi) is 5.84. The van der Waals surface area contributed by atoms with Gasteiger partial charge in [-0.25, -0.2) is 0 Å². The maximum atomic E-state index is 3.82. The van der Waals surface area contributed by atoms with Crippen LogP contribution in [0.2, 0.25) is 0 Å². The normalized spacial score (nSPS) is 30.9. The van der Waals surface area contributed by atoms with Crippen LogP contribution in [-0.4, -0.2) is 12.6 Å². The first-order valence-electron chi connectivity index (χ1n) is 8.12. The van der Waals surface area contributed by atoms with Crippen molar-refractivity contribution in [2.24, 2.45) is 11.8 Å². The average Bonchev–Trinajstić information content (AvgIpc) is 2.48. The summed E-state index contributed by atoms with van der Waals surface area (Å²) in [6, 6.07) is 0.844. The molecule has 0 heterocycles. The maximum absolute atomic E-state index is 3.82. The molecule has 0 radical (unpaired) electrons. The highest BCUT2D eigenvalue weighted by atomic mass is 14.9. The molecule has 2 atom stereocenters. The number of rotatable bonds is 6. The molecule has 2 aliphatic rings. The van der Waals surface area contributed by atoms with Crippen molar-refractivity contribution in [3.05, 3.63) is 0 Å². The third kappa shape index (κ3) is 4.62. The van der Waals surface area contributed by atoms with Crippen molar-refractivity contribution < 1.29 is 0 Å². The van der Waals surface area contributed by atoms with E-state index in [-0.39, 0.29) is 0 Å².